The Morgan fingerprint density at radius 1 is 1.48 bits per heavy atom. The highest BCUT2D eigenvalue weighted by atomic mass is 35.5. The standard InChI is InChI=1S/C13H19N3O3S.ClH/c1-9(8-14)13(17)16-6-5-10-7-11(3-4-12(10)16)20(18,19)15-2;/h3-4,7,9,15H,5-6,8,14H2,1-2H3;1H. The zero-order chi connectivity index (χ0) is 14.9. The van der Waals surface area contributed by atoms with Crippen LogP contribution in [0.2, 0.25) is 0 Å². The van der Waals surface area contributed by atoms with E-state index in [9.17, 15) is 13.2 Å². The molecule has 1 aromatic rings. The number of nitrogens with one attached hydrogen (secondary N) is 1. The summed E-state index contributed by atoms with van der Waals surface area (Å²) in [6.45, 7) is 2.67. The van der Waals surface area contributed by atoms with E-state index in [0.29, 0.717) is 19.5 Å². The zero-order valence-corrected chi connectivity index (χ0v) is 13.6. The first-order valence-corrected chi connectivity index (χ1v) is 7.97. The molecule has 0 bridgehead atoms. The number of carbonyl (C=O) groups is 1. The summed E-state index contributed by atoms with van der Waals surface area (Å²) in [4.78, 5) is 14.1. The molecule has 1 heterocycles. The molecule has 0 aromatic heterocycles. The minimum atomic E-state index is -3.45. The van der Waals surface area contributed by atoms with Crippen LogP contribution in [0.4, 0.5) is 5.69 Å². The molecule has 0 aliphatic carbocycles. The third-order valence-electron chi connectivity index (χ3n) is 3.57. The van der Waals surface area contributed by atoms with Crippen molar-refractivity contribution < 1.29 is 13.2 Å². The monoisotopic (exact) mass is 333 g/mol. The van der Waals surface area contributed by atoms with E-state index in [1.807, 2.05) is 0 Å². The first kappa shape index (κ1) is 17.9. The molecule has 21 heavy (non-hydrogen) atoms. The molecule has 1 atom stereocenters. The normalized spacial score (nSPS) is 15.3. The molecule has 2 rings (SSSR count). The summed E-state index contributed by atoms with van der Waals surface area (Å²) in [5.74, 6) is -0.253. The molecule has 1 aliphatic heterocycles. The average Bonchev–Trinajstić information content (AvgIpc) is 2.88. The van der Waals surface area contributed by atoms with Crippen LogP contribution < -0.4 is 15.4 Å². The minimum absolute atomic E-state index is 0. The van der Waals surface area contributed by atoms with Crippen LogP contribution in [0, 0.1) is 5.92 Å². The number of anilines is 1. The summed E-state index contributed by atoms with van der Waals surface area (Å²) in [5.41, 5.74) is 7.18. The summed E-state index contributed by atoms with van der Waals surface area (Å²) in [5, 5.41) is 0. The minimum Gasteiger partial charge on any atom is -0.330 e. The largest absolute Gasteiger partial charge is 0.330 e. The second-order valence-electron chi connectivity index (χ2n) is 4.87. The van der Waals surface area contributed by atoms with Crippen LogP contribution in [0.5, 0.6) is 0 Å². The summed E-state index contributed by atoms with van der Waals surface area (Å²) in [6, 6.07) is 4.83. The van der Waals surface area contributed by atoms with Crippen molar-refractivity contribution in [3.05, 3.63) is 23.8 Å². The Bertz CT molecular complexity index is 634. The highest BCUT2D eigenvalue weighted by Gasteiger charge is 2.28. The number of carbonyl (C=O) groups excluding carboxylic acids is 1. The molecule has 0 spiro atoms. The fraction of sp³-hybridized carbons (Fsp3) is 0.462. The Labute approximate surface area is 131 Å². The summed E-state index contributed by atoms with van der Waals surface area (Å²) >= 11 is 0. The SMILES string of the molecule is CNS(=O)(=O)c1ccc2c(c1)CCN2C(=O)C(C)CN.Cl. The molecular formula is C13H20ClN3O3S. The topological polar surface area (TPSA) is 92.5 Å². The van der Waals surface area contributed by atoms with Crippen LogP contribution in [0.25, 0.3) is 0 Å². The van der Waals surface area contributed by atoms with E-state index in [0.717, 1.165) is 11.3 Å². The van der Waals surface area contributed by atoms with Gasteiger partial charge >= 0.3 is 0 Å². The number of nitrogens with zero attached hydrogens (tertiary/aromatic N) is 1. The summed E-state index contributed by atoms with van der Waals surface area (Å²) in [7, 11) is -2.08. The molecule has 8 heteroatoms. The first-order chi connectivity index (χ1) is 9.40. The van der Waals surface area contributed by atoms with E-state index < -0.39 is 10.0 Å². The van der Waals surface area contributed by atoms with Crippen molar-refractivity contribution in [1.82, 2.24) is 4.72 Å². The molecule has 6 nitrogen and oxygen atoms in total. The van der Waals surface area contributed by atoms with Gasteiger partial charge in [0.25, 0.3) is 0 Å². The molecule has 0 radical (unpaired) electrons. The van der Waals surface area contributed by atoms with Gasteiger partial charge in [-0.2, -0.15) is 0 Å². The number of hydrogen-bond acceptors (Lipinski definition) is 4. The van der Waals surface area contributed by atoms with Gasteiger partial charge in [0.05, 0.1) is 4.90 Å². The Morgan fingerprint density at radius 2 is 2.14 bits per heavy atom. The lowest BCUT2D eigenvalue weighted by molar-refractivity contribution is -0.121. The second-order valence-corrected chi connectivity index (χ2v) is 6.76. The predicted molar refractivity (Wildman–Crippen MR) is 84.2 cm³/mol. The van der Waals surface area contributed by atoms with Gasteiger partial charge in [0, 0.05) is 24.7 Å². The maximum atomic E-state index is 12.2. The molecule has 0 saturated carbocycles. The van der Waals surface area contributed by atoms with E-state index >= 15 is 0 Å². The highest BCUT2D eigenvalue weighted by molar-refractivity contribution is 7.89. The van der Waals surface area contributed by atoms with Gasteiger partial charge in [0.1, 0.15) is 0 Å². The van der Waals surface area contributed by atoms with Crippen LogP contribution in [0.15, 0.2) is 23.1 Å². The lowest BCUT2D eigenvalue weighted by atomic mass is 10.1. The van der Waals surface area contributed by atoms with Crippen LogP contribution >= 0.6 is 12.4 Å². The smallest absolute Gasteiger partial charge is 0.240 e. The van der Waals surface area contributed by atoms with Gasteiger partial charge in [-0.25, -0.2) is 13.1 Å². The van der Waals surface area contributed by atoms with Gasteiger partial charge in [-0.05, 0) is 37.2 Å². The maximum absolute atomic E-state index is 12.2. The van der Waals surface area contributed by atoms with Crippen molar-refractivity contribution in [3.8, 4) is 0 Å². The van der Waals surface area contributed by atoms with Crippen molar-refractivity contribution in [1.29, 1.82) is 0 Å². The number of sulfonamides is 1. The van der Waals surface area contributed by atoms with E-state index in [2.05, 4.69) is 4.72 Å². The van der Waals surface area contributed by atoms with Crippen molar-refractivity contribution >= 4 is 34.0 Å². The number of halogens is 1. The van der Waals surface area contributed by atoms with Gasteiger partial charge in [-0.15, -0.1) is 12.4 Å². The Kier molecular flexibility index (Phi) is 5.75. The third kappa shape index (κ3) is 3.37. The van der Waals surface area contributed by atoms with Crippen LogP contribution in [0.3, 0.4) is 0 Å². The fourth-order valence-electron chi connectivity index (χ4n) is 2.26. The number of benzene rings is 1. The van der Waals surface area contributed by atoms with Crippen molar-refractivity contribution in [3.63, 3.8) is 0 Å². The Balaban J connectivity index is 0.00000220. The average molecular weight is 334 g/mol. The first-order valence-electron chi connectivity index (χ1n) is 6.48. The lowest BCUT2D eigenvalue weighted by Crippen LogP contribution is -2.36. The lowest BCUT2D eigenvalue weighted by Gasteiger charge is -2.20. The quantitative estimate of drug-likeness (QED) is 0.839. The second kappa shape index (κ2) is 6.74. The van der Waals surface area contributed by atoms with Crippen molar-refractivity contribution in [2.24, 2.45) is 11.7 Å². The molecular weight excluding hydrogens is 314 g/mol. The van der Waals surface area contributed by atoms with Gasteiger partial charge in [0.2, 0.25) is 15.9 Å². The number of hydrogen-bond donors (Lipinski definition) is 2. The molecule has 0 fully saturated rings. The Morgan fingerprint density at radius 3 is 2.71 bits per heavy atom. The van der Waals surface area contributed by atoms with Gasteiger partial charge < -0.3 is 10.6 Å². The summed E-state index contributed by atoms with van der Waals surface area (Å²) < 4.78 is 25.8. The Hall–Kier alpha value is -1.15. The molecule has 1 unspecified atom stereocenters. The molecule has 1 aliphatic rings. The number of rotatable bonds is 4. The van der Waals surface area contributed by atoms with Crippen molar-refractivity contribution in [2.75, 3.05) is 25.0 Å². The fourth-order valence-corrected chi connectivity index (χ4v) is 3.04. The van der Waals surface area contributed by atoms with Gasteiger partial charge in [-0.1, -0.05) is 6.92 Å². The molecule has 0 saturated heterocycles. The number of fused-ring (bicyclic) bond motifs is 1. The summed E-state index contributed by atoms with van der Waals surface area (Å²) in [6.07, 6.45) is 0.658. The van der Waals surface area contributed by atoms with E-state index in [-0.39, 0.29) is 29.1 Å². The number of amides is 1. The zero-order valence-electron chi connectivity index (χ0n) is 12.0. The van der Waals surface area contributed by atoms with E-state index in [1.54, 1.807) is 24.0 Å². The highest BCUT2D eigenvalue weighted by Crippen LogP contribution is 2.31. The maximum Gasteiger partial charge on any atom is 0.240 e. The van der Waals surface area contributed by atoms with Crippen LogP contribution in [-0.4, -0.2) is 34.5 Å². The van der Waals surface area contributed by atoms with Gasteiger partial charge in [-0.3, -0.25) is 4.79 Å². The van der Waals surface area contributed by atoms with Crippen LogP contribution in [-0.2, 0) is 21.2 Å². The van der Waals surface area contributed by atoms with E-state index in [4.69, 9.17) is 5.73 Å². The molecule has 3 N–H and O–H groups in total. The predicted octanol–water partition coefficient (Wildman–Crippen LogP) is 0.500. The van der Waals surface area contributed by atoms with Gasteiger partial charge in [0.15, 0.2) is 0 Å². The molecule has 118 valence electrons. The van der Waals surface area contributed by atoms with Crippen molar-refractivity contribution in [2.45, 2.75) is 18.2 Å². The number of nitrogens with two attached hydrogens (primary N) is 1. The molecule has 1 aromatic carbocycles. The van der Waals surface area contributed by atoms with E-state index in [1.165, 1.54) is 13.1 Å². The van der Waals surface area contributed by atoms with Crippen LogP contribution in [0.1, 0.15) is 12.5 Å². The molecule has 1 amide bonds. The third-order valence-corrected chi connectivity index (χ3v) is 4.98.